The van der Waals surface area contributed by atoms with Crippen molar-refractivity contribution in [3.05, 3.63) is 53.9 Å². The van der Waals surface area contributed by atoms with Crippen LogP contribution in [0, 0.1) is 12.8 Å². The van der Waals surface area contributed by atoms with Crippen molar-refractivity contribution in [2.24, 2.45) is 11.7 Å². The molecule has 3 aromatic rings. The van der Waals surface area contributed by atoms with Crippen molar-refractivity contribution in [3.8, 4) is 11.5 Å². The average molecular weight is 434 g/mol. The van der Waals surface area contributed by atoms with E-state index in [1.807, 2.05) is 48.4 Å². The predicted molar refractivity (Wildman–Crippen MR) is 125 cm³/mol. The number of nitrogens with one attached hydrogen (secondary N) is 1. The number of hydrogen-bond acceptors (Lipinski definition) is 5. The first-order chi connectivity index (χ1) is 15.6. The average Bonchev–Trinajstić information content (AvgIpc) is 3.61. The van der Waals surface area contributed by atoms with Crippen LogP contribution in [0.1, 0.15) is 24.0 Å². The van der Waals surface area contributed by atoms with E-state index in [0.717, 1.165) is 65.9 Å². The van der Waals surface area contributed by atoms with Gasteiger partial charge in [0.15, 0.2) is 0 Å². The molecule has 1 amide bonds. The molecule has 1 saturated heterocycles. The highest BCUT2D eigenvalue weighted by Crippen LogP contribution is 2.31. The molecule has 2 fully saturated rings. The van der Waals surface area contributed by atoms with Gasteiger partial charge in [-0.05, 0) is 55.5 Å². The number of benzene rings is 1. The van der Waals surface area contributed by atoms with Gasteiger partial charge < -0.3 is 20.4 Å². The summed E-state index contributed by atoms with van der Waals surface area (Å²) in [6.45, 7) is 6.01. The molecule has 3 heterocycles. The summed E-state index contributed by atoms with van der Waals surface area (Å²) >= 11 is 0. The van der Waals surface area contributed by atoms with Gasteiger partial charge in [-0.2, -0.15) is 0 Å². The topological polar surface area (TPSA) is 87.5 Å². The molecule has 3 N–H and O–H groups in total. The minimum atomic E-state index is -0.184. The zero-order chi connectivity index (χ0) is 22.1. The van der Waals surface area contributed by atoms with Crippen molar-refractivity contribution in [1.29, 1.82) is 0 Å². The van der Waals surface area contributed by atoms with Crippen LogP contribution in [0.4, 0.5) is 0 Å². The second kappa shape index (κ2) is 8.92. The molecule has 1 saturated carbocycles. The summed E-state index contributed by atoms with van der Waals surface area (Å²) < 4.78 is 6.13. The van der Waals surface area contributed by atoms with E-state index >= 15 is 0 Å². The van der Waals surface area contributed by atoms with Crippen LogP contribution in [-0.4, -0.2) is 64.4 Å². The van der Waals surface area contributed by atoms with Gasteiger partial charge in [-0.3, -0.25) is 9.69 Å². The van der Waals surface area contributed by atoms with Gasteiger partial charge in [-0.1, -0.05) is 12.1 Å². The molecule has 32 heavy (non-hydrogen) atoms. The number of nitrogens with two attached hydrogens (primary N) is 1. The van der Waals surface area contributed by atoms with E-state index in [9.17, 15) is 4.79 Å². The number of aromatic amines is 1. The number of fused-ring (bicyclic) bond motifs is 1. The lowest BCUT2D eigenvalue weighted by molar-refractivity contribution is -0.137. The van der Waals surface area contributed by atoms with E-state index in [1.165, 1.54) is 12.8 Å². The third-order valence-corrected chi connectivity index (χ3v) is 6.69. The van der Waals surface area contributed by atoms with Gasteiger partial charge in [0.2, 0.25) is 5.91 Å². The van der Waals surface area contributed by atoms with Crippen molar-refractivity contribution in [2.45, 2.75) is 32.2 Å². The number of rotatable bonds is 7. The van der Waals surface area contributed by atoms with Crippen LogP contribution in [0.5, 0.6) is 11.5 Å². The molecule has 1 aliphatic carbocycles. The van der Waals surface area contributed by atoms with Crippen molar-refractivity contribution >= 4 is 16.9 Å². The van der Waals surface area contributed by atoms with Gasteiger partial charge in [-0.15, -0.1) is 0 Å². The van der Waals surface area contributed by atoms with Crippen LogP contribution < -0.4 is 10.5 Å². The Morgan fingerprint density at radius 1 is 1.19 bits per heavy atom. The summed E-state index contributed by atoms with van der Waals surface area (Å²) in [6, 6.07) is 10.6. The lowest BCUT2D eigenvalue weighted by Crippen LogP contribution is -2.51. The Hall–Kier alpha value is -2.90. The SMILES string of the molecule is Cc1c[nH]c2nccc(Oc3ccc(CC(CN)C(=O)N4CCN(C5CC5)CC4)cc3)c12. The molecule has 0 bridgehead atoms. The van der Waals surface area contributed by atoms with Gasteiger partial charge in [-0.25, -0.2) is 4.98 Å². The number of amides is 1. The molecule has 7 heteroatoms. The molecule has 5 rings (SSSR count). The monoisotopic (exact) mass is 433 g/mol. The van der Waals surface area contributed by atoms with Crippen LogP contribution in [0.2, 0.25) is 0 Å². The highest BCUT2D eigenvalue weighted by molar-refractivity contribution is 5.86. The molecule has 168 valence electrons. The van der Waals surface area contributed by atoms with E-state index in [-0.39, 0.29) is 11.8 Å². The Bertz CT molecular complexity index is 1080. The van der Waals surface area contributed by atoms with Gasteiger partial charge in [0.25, 0.3) is 0 Å². The molecule has 2 aliphatic rings. The first-order valence-corrected chi connectivity index (χ1v) is 11.5. The molecule has 0 spiro atoms. The molecular weight excluding hydrogens is 402 g/mol. The smallest absolute Gasteiger partial charge is 0.227 e. The van der Waals surface area contributed by atoms with Crippen molar-refractivity contribution in [2.75, 3.05) is 32.7 Å². The third-order valence-electron chi connectivity index (χ3n) is 6.69. The summed E-state index contributed by atoms with van der Waals surface area (Å²) in [6.07, 6.45) is 6.95. The van der Waals surface area contributed by atoms with Crippen LogP contribution in [0.25, 0.3) is 11.0 Å². The summed E-state index contributed by atoms with van der Waals surface area (Å²) in [5.41, 5.74) is 9.02. The zero-order valence-corrected chi connectivity index (χ0v) is 18.6. The number of piperazine rings is 1. The Morgan fingerprint density at radius 3 is 2.62 bits per heavy atom. The molecule has 1 unspecified atom stereocenters. The first-order valence-electron chi connectivity index (χ1n) is 11.5. The number of pyridine rings is 1. The Balaban J connectivity index is 1.21. The number of carbonyl (C=O) groups is 1. The van der Waals surface area contributed by atoms with E-state index < -0.39 is 0 Å². The molecule has 1 aliphatic heterocycles. The Kier molecular flexibility index (Phi) is 5.85. The zero-order valence-electron chi connectivity index (χ0n) is 18.6. The van der Waals surface area contributed by atoms with Gasteiger partial charge in [0.1, 0.15) is 17.1 Å². The fourth-order valence-electron chi connectivity index (χ4n) is 4.65. The molecule has 2 aromatic heterocycles. The minimum absolute atomic E-state index is 0.184. The van der Waals surface area contributed by atoms with Crippen LogP contribution in [0.3, 0.4) is 0 Å². The van der Waals surface area contributed by atoms with Crippen LogP contribution in [0.15, 0.2) is 42.7 Å². The van der Waals surface area contributed by atoms with Crippen molar-refractivity contribution < 1.29 is 9.53 Å². The second-order valence-corrected chi connectivity index (χ2v) is 8.98. The lowest BCUT2D eigenvalue weighted by Gasteiger charge is -2.36. The molecular formula is C25H31N5O2. The van der Waals surface area contributed by atoms with E-state index in [1.54, 1.807) is 6.20 Å². The van der Waals surface area contributed by atoms with Crippen molar-refractivity contribution in [1.82, 2.24) is 19.8 Å². The maximum atomic E-state index is 13.1. The van der Waals surface area contributed by atoms with Gasteiger partial charge >= 0.3 is 0 Å². The van der Waals surface area contributed by atoms with Gasteiger partial charge in [0.05, 0.1) is 11.3 Å². The fraction of sp³-hybridized carbons (Fsp3) is 0.440. The summed E-state index contributed by atoms with van der Waals surface area (Å²) in [7, 11) is 0. The number of aryl methyl sites for hydroxylation is 1. The molecule has 7 nitrogen and oxygen atoms in total. The van der Waals surface area contributed by atoms with E-state index in [2.05, 4.69) is 14.9 Å². The highest BCUT2D eigenvalue weighted by atomic mass is 16.5. The predicted octanol–water partition coefficient (Wildman–Crippen LogP) is 3.09. The number of ether oxygens (including phenoxy) is 1. The Labute approximate surface area is 188 Å². The maximum absolute atomic E-state index is 13.1. The minimum Gasteiger partial charge on any atom is -0.457 e. The normalized spacial score (nSPS) is 18.1. The number of nitrogens with zero attached hydrogens (tertiary/aromatic N) is 3. The number of aromatic nitrogens is 2. The van der Waals surface area contributed by atoms with E-state index in [4.69, 9.17) is 10.5 Å². The quantitative estimate of drug-likeness (QED) is 0.598. The second-order valence-electron chi connectivity index (χ2n) is 8.98. The summed E-state index contributed by atoms with van der Waals surface area (Å²) in [4.78, 5) is 25.1. The number of carbonyl (C=O) groups excluding carboxylic acids is 1. The summed E-state index contributed by atoms with van der Waals surface area (Å²) in [5, 5.41) is 0.993. The van der Waals surface area contributed by atoms with Crippen LogP contribution in [-0.2, 0) is 11.2 Å². The maximum Gasteiger partial charge on any atom is 0.227 e. The molecule has 1 aromatic carbocycles. The molecule has 1 atom stereocenters. The van der Waals surface area contributed by atoms with Gasteiger partial charge in [0, 0.05) is 51.2 Å². The lowest BCUT2D eigenvalue weighted by atomic mass is 9.97. The summed E-state index contributed by atoms with van der Waals surface area (Å²) in [5.74, 6) is 1.54. The fourth-order valence-corrected chi connectivity index (χ4v) is 4.65. The number of H-pyrrole nitrogens is 1. The van der Waals surface area contributed by atoms with Crippen LogP contribution >= 0.6 is 0 Å². The van der Waals surface area contributed by atoms with Crippen molar-refractivity contribution in [3.63, 3.8) is 0 Å². The molecule has 0 radical (unpaired) electrons. The Morgan fingerprint density at radius 2 is 1.94 bits per heavy atom. The standard InChI is InChI=1S/C25H31N5O2/c1-17-16-28-24-23(17)22(8-9-27-24)32-21-6-2-18(3-7-21)14-19(15-26)25(31)30-12-10-29(11-13-30)20-4-5-20/h2-3,6-9,16,19-20H,4-5,10-15,26H2,1H3,(H,27,28). The van der Waals surface area contributed by atoms with E-state index in [0.29, 0.717) is 13.0 Å². The number of hydrogen-bond donors (Lipinski definition) is 2. The third kappa shape index (κ3) is 4.36. The first kappa shape index (κ1) is 21.0. The largest absolute Gasteiger partial charge is 0.457 e. The highest BCUT2D eigenvalue weighted by Gasteiger charge is 2.33.